The quantitative estimate of drug-likeness (QED) is 0.0146. The second-order valence-corrected chi connectivity index (χ2v) is 27.3. The molecule has 0 aliphatic heterocycles. The number of carbonyl (C=O) groups is 3. The topological polar surface area (TPSA) is 231 Å². The zero-order valence-corrected chi connectivity index (χ0v) is 60.2. The van der Waals surface area contributed by atoms with Gasteiger partial charge in [0, 0.05) is 19.3 Å². The molecule has 0 rings (SSSR count). The van der Waals surface area contributed by atoms with Crippen LogP contribution in [-0.2, 0) is 55.8 Å². The molecule has 0 amide bonds. The van der Waals surface area contributed by atoms with Gasteiger partial charge >= 0.3 is 33.6 Å². The van der Waals surface area contributed by atoms with Crippen molar-refractivity contribution in [3.63, 3.8) is 0 Å². The van der Waals surface area contributed by atoms with Crippen molar-refractivity contribution in [1.82, 2.24) is 0 Å². The number of allylic oxidation sites excluding steroid dienone is 16. The van der Waals surface area contributed by atoms with E-state index in [1.165, 1.54) is 96.3 Å². The summed E-state index contributed by atoms with van der Waals surface area (Å²) in [6.45, 7) is 2.58. The van der Waals surface area contributed by atoms with Crippen LogP contribution in [0.15, 0.2) is 97.2 Å². The molecule has 0 heterocycles. The molecule has 0 saturated carbocycles. The van der Waals surface area contributed by atoms with Crippen LogP contribution in [0.4, 0.5) is 0 Å². The molecule has 18 heteroatoms. The summed E-state index contributed by atoms with van der Waals surface area (Å²) in [6, 6.07) is 0. The minimum absolute atomic E-state index is 0.0913. The van der Waals surface area contributed by atoms with Crippen molar-refractivity contribution in [2.45, 2.75) is 322 Å². The Balaban J connectivity index is 4.57. The van der Waals surface area contributed by atoms with Crippen LogP contribution in [0.3, 0.4) is 0 Å². The van der Waals surface area contributed by atoms with E-state index >= 15 is 0 Å². The molecule has 4 N–H and O–H groups in total. The highest BCUT2D eigenvalue weighted by molar-refractivity contribution is 7.47. The van der Waals surface area contributed by atoms with Crippen molar-refractivity contribution in [3.05, 3.63) is 97.2 Å². The third-order valence-electron chi connectivity index (χ3n) is 15.3. The van der Waals surface area contributed by atoms with E-state index in [4.69, 9.17) is 32.3 Å². The molecule has 16 nitrogen and oxygen atoms in total. The van der Waals surface area contributed by atoms with Gasteiger partial charge in [-0.1, -0.05) is 253 Å². The summed E-state index contributed by atoms with van der Waals surface area (Å²) in [6.07, 6.45) is 75.9. The molecule has 0 aromatic heterocycles. The smallest absolute Gasteiger partial charge is 0.463 e. The number of phosphoric ester groups is 2. The number of aliphatic hydroxyl groups excluding tert-OH is 2. The largest absolute Gasteiger partial charge is 0.472 e. The summed E-state index contributed by atoms with van der Waals surface area (Å²) in [5, 5.41) is 20.6. The molecular formula is C75H132O16P2. The number of phosphoric acid groups is 2. The van der Waals surface area contributed by atoms with Gasteiger partial charge in [-0.05, 0) is 128 Å². The van der Waals surface area contributed by atoms with Gasteiger partial charge in [0.1, 0.15) is 25.4 Å². The Morgan fingerprint density at radius 1 is 0.301 bits per heavy atom. The predicted octanol–water partition coefficient (Wildman–Crippen LogP) is 20.6. The summed E-state index contributed by atoms with van der Waals surface area (Å²) in [5.74, 6) is -1.60. The normalized spacial score (nSPS) is 14.7. The zero-order chi connectivity index (χ0) is 68.1. The van der Waals surface area contributed by atoms with Crippen LogP contribution in [-0.4, -0.2) is 95.9 Å². The molecule has 0 spiro atoms. The minimum Gasteiger partial charge on any atom is -0.463 e. The van der Waals surface area contributed by atoms with E-state index in [-0.39, 0.29) is 19.3 Å². The maximum Gasteiger partial charge on any atom is 0.472 e. The van der Waals surface area contributed by atoms with Crippen molar-refractivity contribution in [3.8, 4) is 0 Å². The van der Waals surface area contributed by atoms with E-state index in [0.29, 0.717) is 19.3 Å². The van der Waals surface area contributed by atoms with Crippen molar-refractivity contribution in [2.24, 2.45) is 0 Å². The Hall–Kier alpha value is -3.53. The highest BCUT2D eigenvalue weighted by atomic mass is 31.2. The first-order valence-corrected chi connectivity index (χ1v) is 39.5. The minimum atomic E-state index is -4.93. The Bertz CT molecular complexity index is 2080. The molecule has 0 aliphatic carbocycles. The Kier molecular flexibility index (Phi) is 65.8. The van der Waals surface area contributed by atoms with Gasteiger partial charge in [0.2, 0.25) is 0 Å². The molecule has 5 atom stereocenters. The Morgan fingerprint density at radius 3 is 0.882 bits per heavy atom. The molecule has 0 fully saturated rings. The maximum absolute atomic E-state index is 12.9. The first-order chi connectivity index (χ1) is 45.2. The second-order valence-electron chi connectivity index (χ2n) is 24.4. The average molecular weight is 1350 g/mol. The van der Waals surface area contributed by atoms with Gasteiger partial charge in [-0.2, -0.15) is 0 Å². The van der Waals surface area contributed by atoms with Gasteiger partial charge in [-0.3, -0.25) is 32.5 Å². The molecule has 0 saturated heterocycles. The summed E-state index contributed by atoms with van der Waals surface area (Å²) in [4.78, 5) is 58.4. The molecular weight excluding hydrogens is 1220 g/mol. The van der Waals surface area contributed by atoms with Gasteiger partial charge in [-0.25, -0.2) is 9.13 Å². The molecule has 5 unspecified atom stereocenters. The Labute approximate surface area is 565 Å². The summed E-state index contributed by atoms with van der Waals surface area (Å²) >= 11 is 0. The number of unbranched alkanes of at least 4 members (excludes halogenated alkanes) is 30. The fourth-order valence-electron chi connectivity index (χ4n) is 9.61. The predicted molar refractivity (Wildman–Crippen MR) is 381 cm³/mol. The van der Waals surface area contributed by atoms with E-state index in [1.54, 1.807) is 0 Å². The monoisotopic (exact) mass is 1350 g/mol. The maximum atomic E-state index is 12.9. The molecule has 538 valence electrons. The first-order valence-electron chi connectivity index (χ1n) is 36.5. The van der Waals surface area contributed by atoms with Crippen LogP contribution in [0.2, 0.25) is 0 Å². The van der Waals surface area contributed by atoms with Crippen molar-refractivity contribution < 1.29 is 75.8 Å². The number of hydrogen-bond donors (Lipinski definition) is 4. The lowest BCUT2D eigenvalue weighted by molar-refractivity contribution is -0.161. The molecule has 0 aromatic rings. The average Bonchev–Trinajstić information content (AvgIpc) is 3.74. The van der Waals surface area contributed by atoms with E-state index in [2.05, 4.69) is 118 Å². The highest BCUT2D eigenvalue weighted by Crippen LogP contribution is 2.45. The first kappa shape index (κ1) is 89.5. The summed E-state index contributed by atoms with van der Waals surface area (Å²) in [7, 11) is -9.78. The molecule has 0 radical (unpaired) electrons. The molecule has 0 bridgehead atoms. The van der Waals surface area contributed by atoms with Crippen LogP contribution in [0.1, 0.15) is 303 Å². The molecule has 0 aliphatic rings. The van der Waals surface area contributed by atoms with Crippen molar-refractivity contribution in [1.29, 1.82) is 0 Å². The van der Waals surface area contributed by atoms with E-state index in [1.807, 2.05) is 0 Å². The fourth-order valence-corrected chi connectivity index (χ4v) is 11.2. The van der Waals surface area contributed by atoms with Crippen molar-refractivity contribution in [2.75, 3.05) is 39.6 Å². The van der Waals surface area contributed by atoms with E-state index in [0.717, 1.165) is 148 Å². The number of hydrogen-bond acceptors (Lipinski definition) is 14. The Morgan fingerprint density at radius 2 is 0.538 bits per heavy atom. The fraction of sp³-hybridized carbons (Fsp3) is 0.747. The molecule has 93 heavy (non-hydrogen) atoms. The number of carbonyl (C=O) groups excluding carboxylic acids is 3. The van der Waals surface area contributed by atoms with Gasteiger partial charge in [0.05, 0.1) is 26.4 Å². The standard InChI is InChI=1S/C75H132O16P2/c1-4-7-10-13-16-19-22-25-27-29-31-32-33-34-35-36-38-40-41-44-46-49-52-55-58-61-73(78)85-64-70(76)65-87-92(81,82)88-66-71(77)67-89-93(83,84)90-69-72(91-75(80)63-60-57-54-51-48-43-24-21-18-15-12-9-6-3)68-86-74(79)62-59-56-53-50-47-45-42-39-37-30-28-26-23-20-17-14-11-8-5-2/h16-17,19-21,24-28,31-32,34-35,37,39,70-72,76-77H,4-15,18,22-23,29-30,33,36,38,40-69H2,1-3H3,(H,81,82)(H,83,84)/b19-16-,20-17-,24-21-,27-25-,28-26-,32-31-,35-34-,39-37-. The second kappa shape index (κ2) is 68.4. The van der Waals surface area contributed by atoms with Gasteiger partial charge in [-0.15, -0.1) is 0 Å². The van der Waals surface area contributed by atoms with E-state index < -0.39 is 91.5 Å². The number of aliphatic hydroxyl groups is 2. The van der Waals surface area contributed by atoms with Crippen LogP contribution in [0, 0.1) is 0 Å². The third kappa shape index (κ3) is 69.6. The zero-order valence-electron chi connectivity index (χ0n) is 58.4. The SMILES string of the molecule is CCCCC/C=C\C/C=C\C/C=C\C/C=C\CCCCCCCCCCCC(=O)OCC(O)COP(=O)(O)OCC(O)COP(=O)(O)OCC(COC(=O)CCCCCCCC/C=C\C/C=C\C/C=C\CCCCC)OC(=O)CCCCCCC/C=C\CCCCCC. The lowest BCUT2D eigenvalue weighted by Crippen LogP contribution is -2.30. The lowest BCUT2D eigenvalue weighted by atomic mass is 10.1. The number of ether oxygens (including phenoxy) is 3. The van der Waals surface area contributed by atoms with Crippen LogP contribution < -0.4 is 0 Å². The van der Waals surface area contributed by atoms with Gasteiger partial charge in [0.15, 0.2) is 6.10 Å². The van der Waals surface area contributed by atoms with Crippen LogP contribution in [0.25, 0.3) is 0 Å². The highest BCUT2D eigenvalue weighted by Gasteiger charge is 2.29. The summed E-state index contributed by atoms with van der Waals surface area (Å²) < 4.78 is 60.9. The third-order valence-corrected chi connectivity index (χ3v) is 17.2. The number of rotatable bonds is 69. The van der Waals surface area contributed by atoms with Gasteiger partial charge in [0.25, 0.3) is 0 Å². The van der Waals surface area contributed by atoms with E-state index in [9.17, 15) is 43.5 Å². The lowest BCUT2D eigenvalue weighted by Gasteiger charge is -2.21. The molecule has 0 aromatic carbocycles. The van der Waals surface area contributed by atoms with Crippen molar-refractivity contribution >= 4 is 33.6 Å². The number of esters is 3. The summed E-state index contributed by atoms with van der Waals surface area (Å²) in [5.41, 5.74) is 0. The van der Waals surface area contributed by atoms with Crippen LogP contribution in [0.5, 0.6) is 0 Å². The van der Waals surface area contributed by atoms with Crippen LogP contribution >= 0.6 is 15.6 Å². The van der Waals surface area contributed by atoms with Gasteiger partial charge < -0.3 is 34.2 Å².